The van der Waals surface area contributed by atoms with Crippen LogP contribution in [-0.4, -0.2) is 81.0 Å². The van der Waals surface area contributed by atoms with Crippen molar-refractivity contribution in [2.24, 2.45) is 0 Å². The molecule has 1 aromatic heterocycles. The Morgan fingerprint density at radius 3 is 2.41 bits per heavy atom. The fourth-order valence-corrected chi connectivity index (χ4v) is 4.22. The lowest BCUT2D eigenvalue weighted by atomic mass is 9.89. The summed E-state index contributed by atoms with van der Waals surface area (Å²) in [6, 6.07) is 1.89. The molecular weight excluding hydrogens is 376 g/mol. The summed E-state index contributed by atoms with van der Waals surface area (Å²) in [6.07, 6.45) is 3.18. The van der Waals surface area contributed by atoms with Gasteiger partial charge in [-0.25, -0.2) is 9.97 Å². The lowest BCUT2D eigenvalue weighted by molar-refractivity contribution is -0.164. The molecule has 0 N–H and O–H groups in total. The number of carbonyl (C=O) groups is 1. The van der Waals surface area contributed by atoms with Gasteiger partial charge in [0.15, 0.2) is 11.5 Å². The van der Waals surface area contributed by atoms with Gasteiger partial charge in [-0.3, -0.25) is 4.79 Å². The third kappa shape index (κ3) is 3.29. The van der Waals surface area contributed by atoms with E-state index in [0.29, 0.717) is 29.3 Å². The van der Waals surface area contributed by atoms with Gasteiger partial charge in [0.1, 0.15) is 24.3 Å². The molecule has 2 aliphatic heterocycles. The molecule has 9 nitrogen and oxygen atoms in total. The Balaban J connectivity index is 1.66. The first-order chi connectivity index (χ1) is 14.0. The maximum absolute atomic E-state index is 11.8. The van der Waals surface area contributed by atoms with Crippen molar-refractivity contribution in [2.45, 2.75) is 18.4 Å². The van der Waals surface area contributed by atoms with Crippen LogP contribution in [-0.2, 0) is 9.53 Å². The summed E-state index contributed by atoms with van der Waals surface area (Å²) < 4.78 is 22.5. The first-order valence-corrected chi connectivity index (χ1v) is 9.58. The summed E-state index contributed by atoms with van der Waals surface area (Å²) in [4.78, 5) is 24.7. The molecule has 2 fully saturated rings. The topological polar surface area (TPSA) is 86.3 Å². The maximum Gasteiger partial charge on any atom is 0.248 e. The van der Waals surface area contributed by atoms with Gasteiger partial charge in [-0.05, 0) is 18.9 Å². The normalized spacial score (nSPS) is 19.0. The predicted octanol–water partition coefficient (Wildman–Crippen LogP) is 1.48. The summed E-state index contributed by atoms with van der Waals surface area (Å²) >= 11 is 0. The van der Waals surface area contributed by atoms with E-state index in [0.717, 1.165) is 37.1 Å². The van der Waals surface area contributed by atoms with Crippen molar-refractivity contribution in [1.29, 1.82) is 0 Å². The summed E-state index contributed by atoms with van der Waals surface area (Å²) in [6.45, 7) is 2.32. The lowest BCUT2D eigenvalue weighted by Gasteiger charge is -2.46. The van der Waals surface area contributed by atoms with E-state index in [2.05, 4.69) is 14.9 Å². The molecule has 156 valence electrons. The van der Waals surface area contributed by atoms with Crippen LogP contribution in [0, 0.1) is 0 Å². The van der Waals surface area contributed by atoms with E-state index in [1.807, 2.05) is 13.1 Å². The van der Waals surface area contributed by atoms with Gasteiger partial charge in [-0.15, -0.1) is 0 Å². The zero-order chi connectivity index (χ0) is 20.6. The monoisotopic (exact) mass is 402 g/mol. The SMILES string of the molecule is COc1cc2c(N3CCC4(CC3)CN(C)C(=O)CO4)ncnc2c(OC)c1OC. The molecule has 0 atom stereocenters. The number of hydrogen-bond acceptors (Lipinski definition) is 8. The van der Waals surface area contributed by atoms with Gasteiger partial charge in [0, 0.05) is 26.7 Å². The zero-order valence-corrected chi connectivity index (χ0v) is 17.2. The van der Waals surface area contributed by atoms with Gasteiger partial charge in [-0.1, -0.05) is 0 Å². The number of rotatable bonds is 4. The first kappa shape index (κ1) is 19.5. The Kier molecular flexibility index (Phi) is 5.08. The molecule has 0 aliphatic carbocycles. The number of benzene rings is 1. The number of anilines is 1. The van der Waals surface area contributed by atoms with Crippen molar-refractivity contribution in [3.8, 4) is 17.2 Å². The number of piperidine rings is 1. The van der Waals surface area contributed by atoms with Crippen LogP contribution >= 0.6 is 0 Å². The van der Waals surface area contributed by atoms with Crippen molar-refractivity contribution in [3.63, 3.8) is 0 Å². The second kappa shape index (κ2) is 7.55. The molecule has 2 aliphatic rings. The molecule has 0 saturated carbocycles. The average molecular weight is 402 g/mol. The number of hydrogen-bond donors (Lipinski definition) is 0. The van der Waals surface area contributed by atoms with Gasteiger partial charge in [0.05, 0.1) is 32.3 Å². The van der Waals surface area contributed by atoms with Gasteiger partial charge in [0.25, 0.3) is 0 Å². The Morgan fingerprint density at radius 1 is 1.07 bits per heavy atom. The number of morpholine rings is 1. The standard InChI is InChI=1S/C20H26N4O5/c1-23-11-20(29-10-15(23)25)5-7-24(8-6-20)19-13-9-14(26-2)17(27-3)18(28-4)16(13)21-12-22-19/h9,12H,5-8,10-11H2,1-4H3. The molecule has 0 radical (unpaired) electrons. The molecular formula is C20H26N4O5. The Bertz CT molecular complexity index is 927. The van der Waals surface area contributed by atoms with Crippen LogP contribution in [0.25, 0.3) is 10.9 Å². The van der Waals surface area contributed by atoms with Crippen LogP contribution in [0.5, 0.6) is 17.2 Å². The van der Waals surface area contributed by atoms with Crippen LogP contribution in [0.1, 0.15) is 12.8 Å². The highest BCUT2D eigenvalue weighted by Gasteiger charge is 2.41. The summed E-state index contributed by atoms with van der Waals surface area (Å²) in [5, 5.41) is 0.842. The van der Waals surface area contributed by atoms with Gasteiger partial charge in [-0.2, -0.15) is 0 Å². The zero-order valence-electron chi connectivity index (χ0n) is 17.2. The van der Waals surface area contributed by atoms with Crippen LogP contribution in [0.2, 0.25) is 0 Å². The Hall–Kier alpha value is -2.81. The van der Waals surface area contributed by atoms with E-state index >= 15 is 0 Å². The van der Waals surface area contributed by atoms with Gasteiger partial charge >= 0.3 is 0 Å². The first-order valence-electron chi connectivity index (χ1n) is 9.58. The predicted molar refractivity (Wildman–Crippen MR) is 107 cm³/mol. The minimum atomic E-state index is -0.277. The number of amides is 1. The lowest BCUT2D eigenvalue weighted by Crippen LogP contribution is -2.57. The third-order valence-corrected chi connectivity index (χ3v) is 5.84. The molecule has 4 rings (SSSR count). The Labute approximate surface area is 169 Å². The summed E-state index contributed by atoms with van der Waals surface area (Å²) in [5.74, 6) is 2.46. The number of carbonyl (C=O) groups excluding carboxylic acids is 1. The van der Waals surface area contributed by atoms with Crippen LogP contribution in [0.3, 0.4) is 0 Å². The number of ether oxygens (including phenoxy) is 4. The maximum atomic E-state index is 11.8. The second-order valence-electron chi connectivity index (χ2n) is 7.45. The fraction of sp³-hybridized carbons (Fsp3) is 0.550. The highest BCUT2D eigenvalue weighted by molar-refractivity contribution is 5.97. The highest BCUT2D eigenvalue weighted by atomic mass is 16.5. The van der Waals surface area contributed by atoms with E-state index in [4.69, 9.17) is 18.9 Å². The number of nitrogens with zero attached hydrogens (tertiary/aromatic N) is 4. The average Bonchev–Trinajstić information content (AvgIpc) is 2.75. The number of aromatic nitrogens is 2. The molecule has 3 heterocycles. The number of likely N-dealkylation sites (N-methyl/N-ethyl adjacent to an activating group) is 1. The molecule has 1 amide bonds. The molecule has 0 unspecified atom stereocenters. The van der Waals surface area contributed by atoms with E-state index < -0.39 is 0 Å². The molecule has 1 spiro atoms. The molecule has 9 heteroatoms. The van der Waals surface area contributed by atoms with Crippen LogP contribution < -0.4 is 19.1 Å². The molecule has 1 aromatic carbocycles. The van der Waals surface area contributed by atoms with Crippen molar-refractivity contribution < 1.29 is 23.7 Å². The van der Waals surface area contributed by atoms with E-state index in [-0.39, 0.29) is 18.1 Å². The van der Waals surface area contributed by atoms with Gasteiger partial charge < -0.3 is 28.7 Å². The molecule has 29 heavy (non-hydrogen) atoms. The smallest absolute Gasteiger partial charge is 0.248 e. The molecule has 0 bridgehead atoms. The molecule has 2 aromatic rings. The van der Waals surface area contributed by atoms with Crippen molar-refractivity contribution in [1.82, 2.24) is 14.9 Å². The third-order valence-electron chi connectivity index (χ3n) is 5.84. The Morgan fingerprint density at radius 2 is 1.79 bits per heavy atom. The van der Waals surface area contributed by atoms with E-state index in [1.54, 1.807) is 32.6 Å². The number of methoxy groups -OCH3 is 3. The van der Waals surface area contributed by atoms with Gasteiger partial charge in [0.2, 0.25) is 11.7 Å². The van der Waals surface area contributed by atoms with E-state index in [9.17, 15) is 4.79 Å². The van der Waals surface area contributed by atoms with Crippen molar-refractivity contribution in [3.05, 3.63) is 12.4 Å². The van der Waals surface area contributed by atoms with Crippen molar-refractivity contribution in [2.75, 3.05) is 59.5 Å². The largest absolute Gasteiger partial charge is 0.493 e. The van der Waals surface area contributed by atoms with Crippen LogP contribution in [0.15, 0.2) is 12.4 Å². The van der Waals surface area contributed by atoms with E-state index in [1.165, 1.54) is 0 Å². The van der Waals surface area contributed by atoms with Crippen LogP contribution in [0.4, 0.5) is 5.82 Å². The highest BCUT2D eigenvalue weighted by Crippen LogP contribution is 2.45. The van der Waals surface area contributed by atoms with Crippen molar-refractivity contribution >= 4 is 22.6 Å². The minimum Gasteiger partial charge on any atom is -0.493 e. The number of fused-ring (bicyclic) bond motifs is 1. The summed E-state index contributed by atoms with van der Waals surface area (Å²) in [5.41, 5.74) is 0.398. The molecule has 2 saturated heterocycles. The fourth-order valence-electron chi connectivity index (χ4n) is 4.22. The second-order valence-corrected chi connectivity index (χ2v) is 7.45. The quantitative estimate of drug-likeness (QED) is 0.760. The summed E-state index contributed by atoms with van der Waals surface area (Å²) in [7, 11) is 6.59. The minimum absolute atomic E-state index is 0.0352.